The molecule has 0 heterocycles. The molecular formula is C16H16BrCl2NO. The zero-order valence-corrected chi connectivity index (χ0v) is 14.9. The summed E-state index contributed by atoms with van der Waals surface area (Å²) in [4.78, 5) is 0. The molecule has 0 spiro atoms. The first kappa shape index (κ1) is 16.6. The Balaban J connectivity index is 2.43. The van der Waals surface area contributed by atoms with Crippen molar-refractivity contribution in [2.24, 2.45) is 5.73 Å². The van der Waals surface area contributed by atoms with E-state index in [-0.39, 0.29) is 6.04 Å². The molecule has 1 unspecified atom stereocenters. The average Bonchev–Trinajstić information content (AvgIpc) is 2.41. The van der Waals surface area contributed by atoms with Crippen molar-refractivity contribution in [3.8, 4) is 5.75 Å². The molecule has 0 aliphatic heterocycles. The van der Waals surface area contributed by atoms with Crippen LogP contribution in [0.25, 0.3) is 0 Å². The summed E-state index contributed by atoms with van der Waals surface area (Å²) in [6.45, 7) is 4.45. The lowest BCUT2D eigenvalue weighted by Crippen LogP contribution is -2.13. The van der Waals surface area contributed by atoms with Crippen molar-refractivity contribution in [1.82, 2.24) is 0 Å². The second-order valence-electron chi connectivity index (χ2n) is 4.78. The Morgan fingerprint density at radius 3 is 2.48 bits per heavy atom. The first-order valence-corrected chi connectivity index (χ1v) is 8.11. The quantitative estimate of drug-likeness (QED) is 0.749. The van der Waals surface area contributed by atoms with Crippen molar-refractivity contribution in [3.63, 3.8) is 0 Å². The molecule has 0 aliphatic carbocycles. The fourth-order valence-corrected chi connectivity index (χ4v) is 3.30. The molecule has 2 aromatic rings. The normalized spacial score (nSPS) is 12.3. The van der Waals surface area contributed by atoms with Gasteiger partial charge in [-0.2, -0.15) is 0 Å². The van der Waals surface area contributed by atoms with E-state index in [1.807, 2.05) is 32.0 Å². The van der Waals surface area contributed by atoms with E-state index in [0.717, 1.165) is 21.2 Å². The maximum Gasteiger partial charge on any atom is 0.139 e. The first-order valence-electron chi connectivity index (χ1n) is 6.56. The number of hydrogen-bond acceptors (Lipinski definition) is 2. The molecule has 0 saturated heterocycles. The van der Waals surface area contributed by atoms with Crippen LogP contribution in [0.4, 0.5) is 0 Å². The number of hydrogen-bond donors (Lipinski definition) is 1. The third-order valence-corrected chi connectivity index (χ3v) is 4.19. The molecule has 2 nitrogen and oxygen atoms in total. The maximum absolute atomic E-state index is 6.34. The largest absolute Gasteiger partial charge is 0.492 e. The Morgan fingerprint density at radius 1 is 1.14 bits per heavy atom. The summed E-state index contributed by atoms with van der Waals surface area (Å²) in [5, 5.41) is 1.06. The van der Waals surface area contributed by atoms with Crippen LogP contribution in [0.3, 0.4) is 0 Å². The molecule has 5 heteroatoms. The molecule has 0 bridgehead atoms. The third kappa shape index (κ3) is 3.92. The molecule has 0 radical (unpaired) electrons. The molecule has 0 fully saturated rings. The van der Waals surface area contributed by atoms with Crippen molar-refractivity contribution in [2.75, 3.05) is 6.61 Å². The minimum Gasteiger partial charge on any atom is -0.492 e. The lowest BCUT2D eigenvalue weighted by atomic mass is 9.98. The van der Waals surface area contributed by atoms with Crippen LogP contribution in [0.15, 0.2) is 34.8 Å². The highest BCUT2D eigenvalue weighted by Gasteiger charge is 2.16. The van der Waals surface area contributed by atoms with Gasteiger partial charge < -0.3 is 10.5 Å². The highest BCUT2D eigenvalue weighted by Crippen LogP contribution is 2.36. The molecule has 21 heavy (non-hydrogen) atoms. The molecular weight excluding hydrogens is 373 g/mol. The van der Waals surface area contributed by atoms with E-state index in [0.29, 0.717) is 22.4 Å². The van der Waals surface area contributed by atoms with Gasteiger partial charge in [0.25, 0.3) is 0 Å². The van der Waals surface area contributed by atoms with Crippen LogP contribution in [0.5, 0.6) is 5.75 Å². The Kier molecular flexibility index (Phi) is 5.55. The van der Waals surface area contributed by atoms with E-state index in [4.69, 9.17) is 33.7 Å². The number of ether oxygens (including phenoxy) is 1. The molecule has 0 aromatic heterocycles. The van der Waals surface area contributed by atoms with E-state index >= 15 is 0 Å². The smallest absolute Gasteiger partial charge is 0.139 e. The van der Waals surface area contributed by atoms with Crippen LogP contribution in [0.2, 0.25) is 10.0 Å². The van der Waals surface area contributed by atoms with Gasteiger partial charge in [-0.25, -0.2) is 0 Å². The van der Waals surface area contributed by atoms with Crippen LogP contribution < -0.4 is 10.5 Å². The van der Waals surface area contributed by atoms with Crippen molar-refractivity contribution >= 4 is 39.1 Å². The van der Waals surface area contributed by atoms with Gasteiger partial charge in [0.05, 0.1) is 17.7 Å². The molecule has 1 atom stereocenters. The molecule has 0 amide bonds. The van der Waals surface area contributed by atoms with Gasteiger partial charge in [-0.1, -0.05) is 45.2 Å². The summed E-state index contributed by atoms with van der Waals surface area (Å²) in [6.07, 6.45) is 0. The minimum absolute atomic E-state index is 0.345. The summed E-state index contributed by atoms with van der Waals surface area (Å²) in [6, 6.07) is 9.20. The van der Waals surface area contributed by atoms with Gasteiger partial charge in [0.2, 0.25) is 0 Å². The summed E-state index contributed by atoms with van der Waals surface area (Å²) >= 11 is 16.0. The van der Waals surface area contributed by atoms with Gasteiger partial charge in [0.1, 0.15) is 5.75 Å². The summed E-state index contributed by atoms with van der Waals surface area (Å²) in [5.74, 6) is 0.575. The minimum atomic E-state index is -0.345. The molecule has 2 N–H and O–H groups in total. The lowest BCUT2D eigenvalue weighted by molar-refractivity contribution is 0.340. The lowest BCUT2D eigenvalue weighted by Gasteiger charge is -2.17. The zero-order chi connectivity index (χ0) is 15.6. The van der Waals surface area contributed by atoms with Gasteiger partial charge >= 0.3 is 0 Å². The van der Waals surface area contributed by atoms with Gasteiger partial charge in [-0.05, 0) is 48.7 Å². The maximum atomic E-state index is 6.34. The zero-order valence-electron chi connectivity index (χ0n) is 11.8. The van der Waals surface area contributed by atoms with E-state index in [1.165, 1.54) is 0 Å². The van der Waals surface area contributed by atoms with Crippen LogP contribution in [-0.2, 0) is 0 Å². The van der Waals surface area contributed by atoms with Crippen molar-refractivity contribution in [2.45, 2.75) is 19.9 Å². The summed E-state index contributed by atoms with van der Waals surface area (Å²) in [7, 11) is 0. The third-order valence-electron chi connectivity index (χ3n) is 3.11. The highest BCUT2D eigenvalue weighted by molar-refractivity contribution is 9.10. The van der Waals surface area contributed by atoms with Gasteiger partial charge in [-0.15, -0.1) is 0 Å². The molecule has 0 saturated carbocycles. The summed E-state index contributed by atoms with van der Waals surface area (Å²) in [5.41, 5.74) is 9.23. The Labute approximate surface area is 143 Å². The van der Waals surface area contributed by atoms with Crippen LogP contribution in [-0.4, -0.2) is 6.61 Å². The second-order valence-corrected chi connectivity index (χ2v) is 6.51. The molecule has 0 aliphatic rings. The topological polar surface area (TPSA) is 35.2 Å². The highest BCUT2D eigenvalue weighted by atomic mass is 79.9. The van der Waals surface area contributed by atoms with Crippen molar-refractivity contribution in [3.05, 3.63) is 61.5 Å². The molecule has 2 rings (SSSR count). The van der Waals surface area contributed by atoms with Crippen molar-refractivity contribution in [1.29, 1.82) is 0 Å². The predicted molar refractivity (Wildman–Crippen MR) is 92.5 cm³/mol. The Hall–Kier alpha value is -0.740. The van der Waals surface area contributed by atoms with Gasteiger partial charge in [0, 0.05) is 15.6 Å². The average molecular weight is 389 g/mol. The van der Waals surface area contributed by atoms with E-state index in [9.17, 15) is 0 Å². The summed E-state index contributed by atoms with van der Waals surface area (Å²) < 4.78 is 6.42. The van der Waals surface area contributed by atoms with E-state index in [1.54, 1.807) is 12.1 Å². The van der Waals surface area contributed by atoms with Gasteiger partial charge in [0.15, 0.2) is 0 Å². The molecule has 112 valence electrons. The van der Waals surface area contributed by atoms with E-state index in [2.05, 4.69) is 15.9 Å². The number of nitrogens with two attached hydrogens (primary N) is 1. The fraction of sp³-hybridized carbons (Fsp3) is 0.250. The predicted octanol–water partition coefficient (Wildman–Crippen LogP) is 5.51. The van der Waals surface area contributed by atoms with Crippen LogP contribution in [0.1, 0.15) is 29.7 Å². The SMILES string of the molecule is CCOc1cc(Cl)c(C(N)c2cc(C)cc(Br)c2)cc1Cl. The van der Waals surface area contributed by atoms with Crippen LogP contribution >= 0.6 is 39.1 Å². The monoisotopic (exact) mass is 387 g/mol. The standard InChI is InChI=1S/C16H16BrCl2NO/c1-3-21-15-8-13(18)12(7-14(15)19)16(20)10-4-9(2)5-11(17)6-10/h4-8,16H,3,20H2,1-2H3. The number of rotatable bonds is 4. The number of benzene rings is 2. The Morgan fingerprint density at radius 2 is 1.86 bits per heavy atom. The van der Waals surface area contributed by atoms with Crippen LogP contribution in [0, 0.1) is 6.92 Å². The molecule has 2 aromatic carbocycles. The first-order chi connectivity index (χ1) is 9.92. The van der Waals surface area contributed by atoms with Gasteiger partial charge in [-0.3, -0.25) is 0 Å². The Bertz CT molecular complexity index is 641. The van der Waals surface area contributed by atoms with Crippen molar-refractivity contribution < 1.29 is 4.74 Å². The second kappa shape index (κ2) is 7.01. The number of aryl methyl sites for hydroxylation is 1. The fourth-order valence-electron chi connectivity index (χ4n) is 2.17. The van der Waals surface area contributed by atoms with E-state index < -0.39 is 0 Å². The number of halogens is 3.